The molecular formula is C16H23N5O3. The van der Waals surface area contributed by atoms with Gasteiger partial charge in [-0.2, -0.15) is 4.98 Å². The maximum absolute atomic E-state index is 12.4. The maximum Gasteiger partial charge on any atom is 0.263 e. The summed E-state index contributed by atoms with van der Waals surface area (Å²) < 4.78 is 10.2. The van der Waals surface area contributed by atoms with E-state index in [1.165, 1.54) is 6.33 Å². The molecule has 1 amide bonds. The van der Waals surface area contributed by atoms with Gasteiger partial charge in [0.05, 0.1) is 11.6 Å². The standard InChI is InChI=1S/C16H23N5O3/c1-11-13-14(18-10-19-16(13)24-20-11)21-7-3-5-12(9-21)15(22)17-6-4-8-23-2/h10,12H,3-9H2,1-2H3,(H,17,22)/t12-/m0/s1. The zero-order valence-electron chi connectivity index (χ0n) is 14.1. The Labute approximate surface area is 140 Å². The van der Waals surface area contributed by atoms with Crippen LogP contribution in [0.15, 0.2) is 10.9 Å². The summed E-state index contributed by atoms with van der Waals surface area (Å²) in [7, 11) is 1.66. The molecule has 3 heterocycles. The van der Waals surface area contributed by atoms with E-state index >= 15 is 0 Å². The number of hydrogen-bond donors (Lipinski definition) is 1. The van der Waals surface area contributed by atoms with Crippen LogP contribution in [0.25, 0.3) is 11.1 Å². The molecule has 1 N–H and O–H groups in total. The lowest BCUT2D eigenvalue weighted by Crippen LogP contribution is -2.43. The van der Waals surface area contributed by atoms with Crippen molar-refractivity contribution in [1.82, 2.24) is 20.4 Å². The second kappa shape index (κ2) is 7.57. The molecule has 2 aromatic rings. The van der Waals surface area contributed by atoms with Gasteiger partial charge < -0.3 is 19.5 Å². The zero-order chi connectivity index (χ0) is 16.9. The van der Waals surface area contributed by atoms with Gasteiger partial charge in [-0.15, -0.1) is 0 Å². The molecule has 1 aliphatic rings. The number of aryl methyl sites for hydroxylation is 1. The molecule has 1 saturated heterocycles. The number of nitrogens with one attached hydrogen (secondary N) is 1. The molecule has 2 aromatic heterocycles. The lowest BCUT2D eigenvalue weighted by molar-refractivity contribution is -0.125. The first kappa shape index (κ1) is 16.6. The number of piperidine rings is 1. The van der Waals surface area contributed by atoms with E-state index in [9.17, 15) is 4.79 Å². The minimum atomic E-state index is -0.0357. The average molecular weight is 333 g/mol. The first-order valence-corrected chi connectivity index (χ1v) is 8.29. The molecule has 0 aromatic carbocycles. The van der Waals surface area contributed by atoms with E-state index in [0.717, 1.165) is 42.7 Å². The quantitative estimate of drug-likeness (QED) is 0.796. The summed E-state index contributed by atoms with van der Waals surface area (Å²) in [5, 5.41) is 7.79. The van der Waals surface area contributed by atoms with E-state index in [1.54, 1.807) is 7.11 Å². The number of ether oxygens (including phenoxy) is 1. The van der Waals surface area contributed by atoms with E-state index in [4.69, 9.17) is 9.26 Å². The van der Waals surface area contributed by atoms with Crippen molar-refractivity contribution in [3.05, 3.63) is 12.0 Å². The third-order valence-electron chi connectivity index (χ3n) is 4.34. The van der Waals surface area contributed by atoms with E-state index in [1.807, 2.05) is 6.92 Å². The highest BCUT2D eigenvalue weighted by molar-refractivity contribution is 5.88. The van der Waals surface area contributed by atoms with Crippen LogP contribution in [0.5, 0.6) is 0 Å². The van der Waals surface area contributed by atoms with Gasteiger partial charge in [0.1, 0.15) is 17.5 Å². The van der Waals surface area contributed by atoms with Gasteiger partial charge in [-0.25, -0.2) is 4.98 Å². The molecule has 0 spiro atoms. The maximum atomic E-state index is 12.4. The molecule has 8 nitrogen and oxygen atoms in total. The Hall–Kier alpha value is -2.22. The highest BCUT2D eigenvalue weighted by Crippen LogP contribution is 2.29. The topological polar surface area (TPSA) is 93.4 Å². The Morgan fingerprint density at radius 2 is 2.38 bits per heavy atom. The number of methoxy groups -OCH3 is 1. The number of rotatable bonds is 6. The number of amides is 1. The molecule has 0 saturated carbocycles. The van der Waals surface area contributed by atoms with E-state index in [-0.39, 0.29) is 11.8 Å². The lowest BCUT2D eigenvalue weighted by Gasteiger charge is -2.33. The molecule has 1 aliphatic heterocycles. The highest BCUT2D eigenvalue weighted by atomic mass is 16.5. The van der Waals surface area contributed by atoms with Crippen LogP contribution in [-0.2, 0) is 9.53 Å². The van der Waals surface area contributed by atoms with Gasteiger partial charge in [0, 0.05) is 33.4 Å². The number of carbonyl (C=O) groups excluding carboxylic acids is 1. The van der Waals surface area contributed by atoms with Gasteiger partial charge in [-0.1, -0.05) is 5.16 Å². The van der Waals surface area contributed by atoms with E-state index in [2.05, 4.69) is 25.3 Å². The summed E-state index contributed by atoms with van der Waals surface area (Å²) >= 11 is 0. The van der Waals surface area contributed by atoms with Crippen molar-refractivity contribution in [2.45, 2.75) is 26.2 Å². The molecule has 1 atom stereocenters. The van der Waals surface area contributed by atoms with Crippen LogP contribution >= 0.6 is 0 Å². The molecule has 1 fully saturated rings. The number of fused-ring (bicyclic) bond motifs is 1. The van der Waals surface area contributed by atoms with Crippen LogP contribution in [0.2, 0.25) is 0 Å². The van der Waals surface area contributed by atoms with Crippen LogP contribution in [0.4, 0.5) is 5.82 Å². The average Bonchev–Trinajstić information content (AvgIpc) is 3.00. The fourth-order valence-electron chi connectivity index (χ4n) is 3.10. The summed E-state index contributed by atoms with van der Waals surface area (Å²) in [6, 6.07) is 0. The largest absolute Gasteiger partial charge is 0.385 e. The molecule has 24 heavy (non-hydrogen) atoms. The summed E-state index contributed by atoms with van der Waals surface area (Å²) in [4.78, 5) is 23.0. The van der Waals surface area contributed by atoms with Crippen LogP contribution in [0.1, 0.15) is 25.0 Å². The molecule has 8 heteroatoms. The number of hydrogen-bond acceptors (Lipinski definition) is 7. The fraction of sp³-hybridized carbons (Fsp3) is 0.625. The first-order chi connectivity index (χ1) is 11.7. The lowest BCUT2D eigenvalue weighted by atomic mass is 9.97. The predicted molar refractivity (Wildman–Crippen MR) is 88.8 cm³/mol. The number of aromatic nitrogens is 3. The Bertz CT molecular complexity index is 702. The van der Waals surface area contributed by atoms with E-state index < -0.39 is 0 Å². The minimum Gasteiger partial charge on any atom is -0.385 e. The van der Waals surface area contributed by atoms with Gasteiger partial charge in [0.2, 0.25) is 5.91 Å². The third kappa shape index (κ3) is 3.48. The third-order valence-corrected chi connectivity index (χ3v) is 4.34. The normalized spacial score (nSPS) is 18.1. The van der Waals surface area contributed by atoms with Crippen LogP contribution in [0, 0.1) is 12.8 Å². The Kier molecular flexibility index (Phi) is 5.24. The van der Waals surface area contributed by atoms with Crippen molar-refractivity contribution >= 4 is 22.8 Å². The van der Waals surface area contributed by atoms with E-state index in [0.29, 0.717) is 25.4 Å². The van der Waals surface area contributed by atoms with Crippen LogP contribution < -0.4 is 10.2 Å². The highest BCUT2D eigenvalue weighted by Gasteiger charge is 2.28. The second-order valence-corrected chi connectivity index (χ2v) is 6.07. The Morgan fingerprint density at radius 1 is 1.50 bits per heavy atom. The number of carbonyl (C=O) groups is 1. The van der Waals surface area contributed by atoms with Crippen LogP contribution in [0.3, 0.4) is 0 Å². The Balaban J connectivity index is 1.69. The monoisotopic (exact) mass is 333 g/mol. The number of anilines is 1. The molecule has 0 bridgehead atoms. The van der Waals surface area contributed by atoms with Gasteiger partial charge in [-0.05, 0) is 26.2 Å². The van der Waals surface area contributed by atoms with Gasteiger partial charge in [0.15, 0.2) is 0 Å². The summed E-state index contributed by atoms with van der Waals surface area (Å²) in [5.74, 6) is 0.866. The van der Waals surface area contributed by atoms with Gasteiger partial charge in [0.25, 0.3) is 5.71 Å². The van der Waals surface area contributed by atoms with Crippen molar-refractivity contribution in [3.63, 3.8) is 0 Å². The number of nitrogens with zero attached hydrogens (tertiary/aromatic N) is 4. The molecule has 130 valence electrons. The fourth-order valence-corrected chi connectivity index (χ4v) is 3.10. The van der Waals surface area contributed by atoms with Gasteiger partial charge in [-0.3, -0.25) is 4.79 Å². The summed E-state index contributed by atoms with van der Waals surface area (Å²) in [6.07, 6.45) is 4.15. The minimum absolute atomic E-state index is 0.0357. The molecule has 0 unspecified atom stereocenters. The first-order valence-electron chi connectivity index (χ1n) is 8.29. The van der Waals surface area contributed by atoms with Crippen molar-refractivity contribution in [2.75, 3.05) is 38.3 Å². The van der Waals surface area contributed by atoms with Crippen molar-refractivity contribution in [1.29, 1.82) is 0 Å². The summed E-state index contributed by atoms with van der Waals surface area (Å²) in [5.41, 5.74) is 1.26. The molecule has 0 aliphatic carbocycles. The summed E-state index contributed by atoms with van der Waals surface area (Å²) in [6.45, 7) is 4.69. The van der Waals surface area contributed by atoms with Crippen LogP contribution in [-0.4, -0.2) is 54.4 Å². The van der Waals surface area contributed by atoms with Crippen molar-refractivity contribution in [2.24, 2.45) is 5.92 Å². The van der Waals surface area contributed by atoms with Crippen molar-refractivity contribution < 1.29 is 14.1 Å². The smallest absolute Gasteiger partial charge is 0.263 e. The molecule has 0 radical (unpaired) electrons. The van der Waals surface area contributed by atoms with Crippen molar-refractivity contribution in [3.8, 4) is 0 Å². The molecular weight excluding hydrogens is 310 g/mol. The Morgan fingerprint density at radius 3 is 3.21 bits per heavy atom. The zero-order valence-corrected chi connectivity index (χ0v) is 14.1. The molecule has 3 rings (SSSR count). The van der Waals surface area contributed by atoms with Gasteiger partial charge >= 0.3 is 0 Å². The SMILES string of the molecule is COCCCNC(=O)[C@H]1CCCN(c2ncnc3onc(C)c23)C1. The second-order valence-electron chi connectivity index (χ2n) is 6.07. The predicted octanol–water partition coefficient (Wildman–Crippen LogP) is 1.30.